The van der Waals surface area contributed by atoms with Gasteiger partial charge in [-0.15, -0.1) is 0 Å². The van der Waals surface area contributed by atoms with E-state index in [1.165, 1.54) is 6.42 Å². The van der Waals surface area contributed by atoms with E-state index in [2.05, 4.69) is 14.4 Å². The summed E-state index contributed by atoms with van der Waals surface area (Å²) in [5.41, 5.74) is 7.23. The number of benzene rings is 1. The van der Waals surface area contributed by atoms with E-state index in [9.17, 15) is 4.21 Å². The van der Waals surface area contributed by atoms with Crippen LogP contribution in [0.25, 0.3) is 0 Å². The van der Waals surface area contributed by atoms with Crippen molar-refractivity contribution < 1.29 is 8.95 Å². The van der Waals surface area contributed by atoms with Crippen LogP contribution >= 0.6 is 0 Å². The molecule has 0 bridgehead atoms. The Kier molecular flexibility index (Phi) is 3.39. The summed E-state index contributed by atoms with van der Waals surface area (Å²) in [5.74, 6) is 0.929. The van der Waals surface area contributed by atoms with E-state index < -0.39 is 11.2 Å². The normalized spacial score (nSPS) is 25.4. The molecule has 1 saturated heterocycles. The van der Waals surface area contributed by atoms with Gasteiger partial charge in [0.1, 0.15) is 18.2 Å². The van der Waals surface area contributed by atoms with Gasteiger partial charge in [-0.05, 0) is 31.5 Å². The number of rotatable bonds is 3. The SMILES string of the molecule is NC1=NS(=O)Nc2cccc(OCC3CCCN3)c21. The summed E-state index contributed by atoms with van der Waals surface area (Å²) < 4.78 is 23.8. The summed E-state index contributed by atoms with van der Waals surface area (Å²) in [6.07, 6.45) is 2.31. The van der Waals surface area contributed by atoms with Gasteiger partial charge in [-0.25, -0.2) is 4.21 Å². The first kappa shape index (κ1) is 12.4. The standard InChI is InChI=1S/C12H16N4O2S/c13-12-11-9(15-19(17)16-12)4-1-5-10(11)18-7-8-3-2-6-14-8/h1,4-5,8,14-15H,2-3,6-7H2,(H2,13,16). The molecule has 2 aliphatic rings. The predicted molar refractivity (Wildman–Crippen MR) is 75.5 cm³/mol. The quantitative estimate of drug-likeness (QED) is 0.753. The topological polar surface area (TPSA) is 88.7 Å². The molecular weight excluding hydrogens is 264 g/mol. The first-order valence-corrected chi connectivity index (χ1v) is 7.37. The lowest BCUT2D eigenvalue weighted by Crippen LogP contribution is -2.29. The number of hydrogen-bond acceptors (Lipinski definition) is 4. The number of anilines is 1. The monoisotopic (exact) mass is 280 g/mol. The molecule has 4 N–H and O–H groups in total. The van der Waals surface area contributed by atoms with E-state index in [1.54, 1.807) is 0 Å². The van der Waals surface area contributed by atoms with Crippen molar-refractivity contribution in [3.63, 3.8) is 0 Å². The van der Waals surface area contributed by atoms with Gasteiger partial charge in [0.15, 0.2) is 0 Å². The van der Waals surface area contributed by atoms with Crippen LogP contribution in [0.3, 0.4) is 0 Å². The minimum Gasteiger partial charge on any atom is -0.491 e. The fourth-order valence-corrected chi connectivity index (χ4v) is 3.02. The van der Waals surface area contributed by atoms with Crippen molar-refractivity contribution in [2.75, 3.05) is 17.9 Å². The summed E-state index contributed by atoms with van der Waals surface area (Å²) in [4.78, 5) is 0. The number of nitrogens with two attached hydrogens (primary N) is 1. The molecule has 7 heteroatoms. The fraction of sp³-hybridized carbons (Fsp3) is 0.417. The van der Waals surface area contributed by atoms with E-state index in [4.69, 9.17) is 10.5 Å². The van der Waals surface area contributed by atoms with Crippen molar-refractivity contribution in [1.82, 2.24) is 5.32 Å². The van der Waals surface area contributed by atoms with E-state index in [0.717, 1.165) is 13.0 Å². The van der Waals surface area contributed by atoms with Crippen LogP contribution in [0.4, 0.5) is 5.69 Å². The van der Waals surface area contributed by atoms with E-state index in [1.807, 2.05) is 18.2 Å². The Labute approximate surface area is 114 Å². The highest BCUT2D eigenvalue weighted by Crippen LogP contribution is 2.29. The first-order valence-electron chi connectivity index (χ1n) is 6.26. The number of ether oxygens (including phenoxy) is 1. The summed E-state index contributed by atoms with van der Waals surface area (Å²) >= 11 is -1.50. The number of amidine groups is 1. The smallest absolute Gasteiger partial charge is 0.245 e. The fourth-order valence-electron chi connectivity index (χ4n) is 2.34. The maximum atomic E-state index is 11.4. The van der Waals surface area contributed by atoms with Gasteiger partial charge in [-0.3, -0.25) is 4.72 Å². The third kappa shape index (κ3) is 2.57. The summed E-state index contributed by atoms with van der Waals surface area (Å²) in [6, 6.07) is 5.90. The van der Waals surface area contributed by atoms with Crippen LogP contribution in [0, 0.1) is 0 Å². The van der Waals surface area contributed by atoms with E-state index >= 15 is 0 Å². The van der Waals surface area contributed by atoms with Crippen molar-refractivity contribution in [2.24, 2.45) is 10.1 Å². The lowest BCUT2D eigenvalue weighted by Gasteiger charge is -2.19. The van der Waals surface area contributed by atoms with Crippen molar-refractivity contribution in [3.8, 4) is 5.75 Å². The first-order chi connectivity index (χ1) is 9.24. The third-order valence-electron chi connectivity index (χ3n) is 3.26. The van der Waals surface area contributed by atoms with Crippen molar-refractivity contribution in [1.29, 1.82) is 0 Å². The Balaban J connectivity index is 1.81. The molecule has 1 fully saturated rings. The van der Waals surface area contributed by atoms with Gasteiger partial charge in [-0.2, -0.15) is 4.40 Å². The molecular formula is C12H16N4O2S. The molecule has 1 aromatic rings. The van der Waals surface area contributed by atoms with Gasteiger partial charge in [0.05, 0.1) is 11.3 Å². The second-order valence-electron chi connectivity index (χ2n) is 4.61. The third-order valence-corrected chi connectivity index (χ3v) is 4.02. The molecule has 0 aromatic heterocycles. The zero-order valence-electron chi connectivity index (χ0n) is 10.4. The Morgan fingerprint density at radius 1 is 1.53 bits per heavy atom. The molecule has 19 heavy (non-hydrogen) atoms. The molecule has 0 radical (unpaired) electrons. The summed E-state index contributed by atoms with van der Waals surface area (Å²) in [7, 11) is 0. The highest BCUT2D eigenvalue weighted by atomic mass is 32.2. The van der Waals surface area contributed by atoms with Crippen LogP contribution < -0.4 is 20.5 Å². The molecule has 0 saturated carbocycles. The molecule has 0 aliphatic carbocycles. The highest BCUT2D eigenvalue weighted by Gasteiger charge is 2.21. The molecule has 0 amide bonds. The largest absolute Gasteiger partial charge is 0.491 e. The molecule has 2 aliphatic heterocycles. The molecule has 2 heterocycles. The Bertz CT molecular complexity index is 541. The van der Waals surface area contributed by atoms with Crippen molar-refractivity contribution in [3.05, 3.63) is 23.8 Å². The minimum atomic E-state index is -1.50. The molecule has 2 atom stereocenters. The van der Waals surface area contributed by atoms with Crippen molar-refractivity contribution in [2.45, 2.75) is 18.9 Å². The molecule has 3 rings (SSSR count). The molecule has 6 nitrogen and oxygen atoms in total. The average Bonchev–Trinajstić information content (AvgIpc) is 2.88. The summed E-state index contributed by atoms with van der Waals surface area (Å²) in [5, 5.41) is 3.37. The van der Waals surface area contributed by atoms with Crippen LogP contribution in [-0.2, 0) is 11.2 Å². The lowest BCUT2D eigenvalue weighted by molar-refractivity contribution is 0.277. The van der Waals surface area contributed by atoms with Gasteiger partial charge < -0.3 is 15.8 Å². The molecule has 1 aromatic carbocycles. The Hall–Kier alpha value is -1.60. The van der Waals surface area contributed by atoms with E-state index in [0.29, 0.717) is 29.6 Å². The zero-order chi connectivity index (χ0) is 13.2. The summed E-state index contributed by atoms with van der Waals surface area (Å²) in [6.45, 7) is 1.65. The predicted octanol–water partition coefficient (Wildman–Crippen LogP) is 0.527. The van der Waals surface area contributed by atoms with E-state index in [-0.39, 0.29) is 5.84 Å². The second-order valence-corrected chi connectivity index (χ2v) is 5.50. The average molecular weight is 280 g/mol. The molecule has 2 unspecified atom stereocenters. The maximum absolute atomic E-state index is 11.4. The van der Waals surface area contributed by atoms with Gasteiger partial charge in [-0.1, -0.05) is 6.07 Å². The number of fused-ring (bicyclic) bond motifs is 1. The number of nitrogens with zero attached hydrogens (tertiary/aromatic N) is 1. The van der Waals surface area contributed by atoms with Gasteiger partial charge >= 0.3 is 0 Å². The molecule has 102 valence electrons. The Morgan fingerprint density at radius 3 is 3.21 bits per heavy atom. The molecule has 0 spiro atoms. The van der Waals surface area contributed by atoms with Crippen LogP contribution in [0.5, 0.6) is 5.75 Å². The van der Waals surface area contributed by atoms with Crippen LogP contribution in [0.2, 0.25) is 0 Å². The van der Waals surface area contributed by atoms with Crippen molar-refractivity contribution >= 4 is 22.7 Å². The van der Waals surface area contributed by atoms with Gasteiger partial charge in [0.2, 0.25) is 11.2 Å². The lowest BCUT2D eigenvalue weighted by atomic mass is 10.1. The van der Waals surface area contributed by atoms with Crippen LogP contribution in [-0.4, -0.2) is 29.2 Å². The van der Waals surface area contributed by atoms with Crippen LogP contribution in [0.1, 0.15) is 18.4 Å². The minimum absolute atomic E-state index is 0.252. The Morgan fingerprint density at radius 2 is 2.42 bits per heavy atom. The van der Waals surface area contributed by atoms with Gasteiger partial charge in [0.25, 0.3) is 0 Å². The van der Waals surface area contributed by atoms with Gasteiger partial charge in [0, 0.05) is 6.04 Å². The highest BCUT2D eigenvalue weighted by molar-refractivity contribution is 7.85. The number of hydrogen-bond donors (Lipinski definition) is 3. The zero-order valence-corrected chi connectivity index (χ0v) is 11.2. The second kappa shape index (κ2) is 5.18. The number of nitrogens with one attached hydrogen (secondary N) is 2. The van der Waals surface area contributed by atoms with Crippen LogP contribution in [0.15, 0.2) is 22.6 Å². The maximum Gasteiger partial charge on any atom is 0.245 e.